The summed E-state index contributed by atoms with van der Waals surface area (Å²) in [5.74, 6) is 0.389. The van der Waals surface area contributed by atoms with Crippen LogP contribution in [-0.2, 0) is 24.3 Å². The molecule has 1 aromatic heterocycles. The first-order chi connectivity index (χ1) is 11.9. The second kappa shape index (κ2) is 7.09. The van der Waals surface area contributed by atoms with Gasteiger partial charge in [-0.3, -0.25) is 14.2 Å². The molecule has 2 aromatic rings. The number of carbonyl (C=O) groups is 1. The van der Waals surface area contributed by atoms with Crippen LogP contribution in [0.2, 0.25) is 0 Å². The zero-order valence-electron chi connectivity index (χ0n) is 15.0. The number of nitrogens with zero attached hydrogens (tertiary/aromatic N) is 3. The average molecular weight is 340 g/mol. The van der Waals surface area contributed by atoms with Gasteiger partial charge in [0.05, 0.1) is 0 Å². The molecule has 0 atom stereocenters. The smallest absolute Gasteiger partial charge is 0.255 e. The van der Waals surface area contributed by atoms with Crippen LogP contribution in [0.1, 0.15) is 30.7 Å². The van der Waals surface area contributed by atoms with Gasteiger partial charge in [-0.1, -0.05) is 24.3 Å². The minimum atomic E-state index is -0.194. The molecule has 1 aromatic carbocycles. The van der Waals surface area contributed by atoms with Crippen LogP contribution < -0.4 is 15.8 Å². The summed E-state index contributed by atoms with van der Waals surface area (Å²) in [6.07, 6.45) is 0.901. The number of benzene rings is 1. The number of aryl methyl sites for hydroxylation is 1. The minimum Gasteiger partial charge on any atom is -0.352 e. The molecule has 2 heterocycles. The number of hydrogen-bond donors (Lipinski definition) is 1. The van der Waals surface area contributed by atoms with Crippen molar-refractivity contribution in [2.45, 2.75) is 46.3 Å². The zero-order chi connectivity index (χ0) is 18.0. The highest BCUT2D eigenvalue weighted by molar-refractivity contribution is 5.76. The van der Waals surface area contributed by atoms with Crippen molar-refractivity contribution in [2.24, 2.45) is 0 Å². The summed E-state index contributed by atoms with van der Waals surface area (Å²) in [5, 5.41) is 2.83. The number of carbonyl (C=O) groups excluding carboxylic acids is 1. The highest BCUT2D eigenvalue weighted by Crippen LogP contribution is 2.22. The molecule has 132 valence electrons. The van der Waals surface area contributed by atoms with Gasteiger partial charge < -0.3 is 10.2 Å². The Bertz CT molecular complexity index is 842. The predicted molar refractivity (Wildman–Crippen MR) is 97.7 cm³/mol. The molecule has 0 fully saturated rings. The molecule has 6 heteroatoms. The molecule has 1 N–H and O–H groups in total. The molecule has 0 unspecified atom stereocenters. The lowest BCUT2D eigenvalue weighted by Gasteiger charge is -2.31. The van der Waals surface area contributed by atoms with Crippen LogP contribution in [0.5, 0.6) is 0 Å². The second-order valence-electron chi connectivity index (χ2n) is 6.78. The van der Waals surface area contributed by atoms with Gasteiger partial charge in [-0.05, 0) is 38.3 Å². The Morgan fingerprint density at radius 3 is 2.72 bits per heavy atom. The fraction of sp³-hybridized carbons (Fsp3) is 0.421. The maximum absolute atomic E-state index is 12.5. The standard InChI is InChI=1S/C19H24N4O2/c1-13(2)20-17(24)12-23-18(25)10-14(3)21-19(23)22-9-8-15-6-4-5-7-16(15)11-22/h4-7,10,13H,8-9,11-12H2,1-3H3,(H,20,24). The van der Waals surface area contributed by atoms with Crippen molar-refractivity contribution < 1.29 is 4.79 Å². The van der Waals surface area contributed by atoms with Gasteiger partial charge in [0, 0.05) is 30.9 Å². The topological polar surface area (TPSA) is 67.2 Å². The number of fused-ring (bicyclic) bond motifs is 1. The van der Waals surface area contributed by atoms with Crippen LogP contribution in [0.25, 0.3) is 0 Å². The van der Waals surface area contributed by atoms with Gasteiger partial charge in [-0.2, -0.15) is 0 Å². The van der Waals surface area contributed by atoms with E-state index in [1.807, 2.05) is 26.0 Å². The summed E-state index contributed by atoms with van der Waals surface area (Å²) in [6.45, 7) is 7.06. The van der Waals surface area contributed by atoms with Crippen molar-refractivity contribution in [1.82, 2.24) is 14.9 Å². The molecule has 0 aliphatic carbocycles. The molecule has 6 nitrogen and oxygen atoms in total. The first-order valence-corrected chi connectivity index (χ1v) is 8.63. The summed E-state index contributed by atoms with van der Waals surface area (Å²) < 4.78 is 1.47. The third-order valence-corrected chi connectivity index (χ3v) is 4.28. The summed E-state index contributed by atoms with van der Waals surface area (Å²) >= 11 is 0. The van der Waals surface area contributed by atoms with Gasteiger partial charge in [0.1, 0.15) is 6.54 Å². The van der Waals surface area contributed by atoms with Crippen LogP contribution in [0.4, 0.5) is 5.95 Å². The van der Waals surface area contributed by atoms with Crippen LogP contribution in [0.3, 0.4) is 0 Å². The molecule has 1 amide bonds. The van der Waals surface area contributed by atoms with E-state index in [1.54, 1.807) is 6.92 Å². The van der Waals surface area contributed by atoms with Crippen LogP contribution in [0.15, 0.2) is 35.1 Å². The Morgan fingerprint density at radius 1 is 1.28 bits per heavy atom. The third-order valence-electron chi connectivity index (χ3n) is 4.28. The Balaban J connectivity index is 1.93. The van der Waals surface area contributed by atoms with E-state index < -0.39 is 0 Å². The molecule has 0 radical (unpaired) electrons. The van der Waals surface area contributed by atoms with Crippen molar-refractivity contribution >= 4 is 11.9 Å². The van der Waals surface area contributed by atoms with Crippen LogP contribution in [0, 0.1) is 6.92 Å². The molecular weight excluding hydrogens is 316 g/mol. The Labute approximate surface area is 147 Å². The van der Waals surface area contributed by atoms with Crippen molar-refractivity contribution in [3.63, 3.8) is 0 Å². The monoisotopic (exact) mass is 340 g/mol. The lowest BCUT2D eigenvalue weighted by atomic mass is 10.0. The highest BCUT2D eigenvalue weighted by Gasteiger charge is 2.21. The zero-order valence-corrected chi connectivity index (χ0v) is 15.0. The van der Waals surface area contributed by atoms with Gasteiger partial charge in [-0.25, -0.2) is 4.98 Å². The lowest BCUT2D eigenvalue weighted by Crippen LogP contribution is -2.40. The Hall–Kier alpha value is -2.63. The van der Waals surface area contributed by atoms with Gasteiger partial charge in [0.2, 0.25) is 11.9 Å². The third kappa shape index (κ3) is 3.90. The average Bonchev–Trinajstić information content (AvgIpc) is 2.56. The quantitative estimate of drug-likeness (QED) is 0.919. The SMILES string of the molecule is Cc1cc(=O)n(CC(=O)NC(C)C)c(N2CCc3ccccc3C2)n1. The molecule has 0 saturated heterocycles. The van der Waals surface area contributed by atoms with Gasteiger partial charge in [0.15, 0.2) is 0 Å². The Kier molecular flexibility index (Phi) is 4.88. The Morgan fingerprint density at radius 2 is 2.00 bits per heavy atom. The fourth-order valence-electron chi connectivity index (χ4n) is 3.17. The number of amides is 1. The molecule has 0 bridgehead atoms. The van der Waals surface area contributed by atoms with E-state index in [0.717, 1.165) is 13.0 Å². The lowest BCUT2D eigenvalue weighted by molar-refractivity contribution is -0.122. The molecule has 3 rings (SSSR count). The van der Waals surface area contributed by atoms with Gasteiger partial charge >= 0.3 is 0 Å². The van der Waals surface area contributed by atoms with Gasteiger partial charge in [0.25, 0.3) is 5.56 Å². The highest BCUT2D eigenvalue weighted by atomic mass is 16.2. The predicted octanol–water partition coefficient (Wildman–Crippen LogP) is 1.64. The fourth-order valence-corrected chi connectivity index (χ4v) is 3.17. The number of rotatable bonds is 4. The summed E-state index contributed by atoms with van der Waals surface area (Å²) in [4.78, 5) is 31.3. The van der Waals surface area contributed by atoms with Gasteiger partial charge in [-0.15, -0.1) is 0 Å². The molecule has 25 heavy (non-hydrogen) atoms. The largest absolute Gasteiger partial charge is 0.352 e. The minimum absolute atomic E-state index is 0.0161. The normalized spacial score (nSPS) is 13.7. The number of nitrogens with one attached hydrogen (secondary N) is 1. The first-order valence-electron chi connectivity index (χ1n) is 8.63. The van der Waals surface area contributed by atoms with Crippen molar-refractivity contribution in [3.8, 4) is 0 Å². The number of anilines is 1. The summed E-state index contributed by atoms with van der Waals surface area (Å²) in [5.41, 5.74) is 3.04. The maximum atomic E-state index is 12.5. The maximum Gasteiger partial charge on any atom is 0.255 e. The van der Waals surface area contributed by atoms with E-state index in [0.29, 0.717) is 18.2 Å². The molecular formula is C19H24N4O2. The van der Waals surface area contributed by atoms with E-state index >= 15 is 0 Å². The van der Waals surface area contributed by atoms with E-state index in [-0.39, 0.29) is 24.1 Å². The van der Waals surface area contributed by atoms with Crippen molar-refractivity contribution in [3.05, 3.63) is 57.5 Å². The number of hydrogen-bond acceptors (Lipinski definition) is 4. The molecule has 1 aliphatic heterocycles. The molecule has 0 spiro atoms. The van der Waals surface area contributed by atoms with Crippen LogP contribution >= 0.6 is 0 Å². The van der Waals surface area contributed by atoms with E-state index in [9.17, 15) is 9.59 Å². The summed E-state index contributed by atoms with van der Waals surface area (Å²) in [7, 11) is 0. The van der Waals surface area contributed by atoms with E-state index in [1.165, 1.54) is 21.8 Å². The van der Waals surface area contributed by atoms with Crippen LogP contribution in [-0.4, -0.2) is 28.0 Å². The second-order valence-corrected chi connectivity index (χ2v) is 6.78. The van der Waals surface area contributed by atoms with Crippen molar-refractivity contribution in [1.29, 1.82) is 0 Å². The summed E-state index contributed by atoms with van der Waals surface area (Å²) in [6, 6.07) is 9.82. The van der Waals surface area contributed by atoms with E-state index in [4.69, 9.17) is 0 Å². The van der Waals surface area contributed by atoms with Crippen molar-refractivity contribution in [2.75, 3.05) is 11.4 Å². The van der Waals surface area contributed by atoms with E-state index in [2.05, 4.69) is 27.3 Å². The number of aromatic nitrogens is 2. The molecule has 1 aliphatic rings. The first kappa shape index (κ1) is 17.2. The molecule has 0 saturated carbocycles.